The number of hydrogen-bond acceptors (Lipinski definition) is 6. The van der Waals surface area contributed by atoms with Crippen LogP contribution < -0.4 is 16.0 Å². The van der Waals surface area contributed by atoms with E-state index < -0.39 is 29.2 Å². The highest BCUT2D eigenvalue weighted by molar-refractivity contribution is 6.31. The summed E-state index contributed by atoms with van der Waals surface area (Å²) in [7, 11) is 1.68. The zero-order valence-corrected chi connectivity index (χ0v) is 26.0. The van der Waals surface area contributed by atoms with E-state index in [2.05, 4.69) is 16.0 Å². The third-order valence-corrected chi connectivity index (χ3v) is 8.72. The van der Waals surface area contributed by atoms with E-state index in [0.29, 0.717) is 18.0 Å². The van der Waals surface area contributed by atoms with Crippen molar-refractivity contribution in [2.45, 2.75) is 71.2 Å². The molecule has 3 N–H and O–H groups in total. The van der Waals surface area contributed by atoms with Crippen LogP contribution >= 0.6 is 11.6 Å². The molecule has 0 bridgehead atoms. The van der Waals surface area contributed by atoms with Gasteiger partial charge < -0.3 is 20.4 Å². The number of rotatable bonds is 10. The summed E-state index contributed by atoms with van der Waals surface area (Å²) in [6.07, 6.45) is 0.744. The average molecular weight is 596 g/mol. The summed E-state index contributed by atoms with van der Waals surface area (Å²) >= 11 is 6.42. The van der Waals surface area contributed by atoms with Gasteiger partial charge in [-0.25, -0.2) is 0 Å². The molecule has 10 heteroatoms. The molecule has 0 radical (unpaired) electrons. The van der Waals surface area contributed by atoms with Crippen molar-refractivity contribution in [3.05, 3.63) is 70.2 Å². The Hall–Kier alpha value is -3.27. The molecule has 2 heterocycles. The van der Waals surface area contributed by atoms with E-state index in [4.69, 9.17) is 11.6 Å². The van der Waals surface area contributed by atoms with Crippen molar-refractivity contribution >= 4 is 35.1 Å². The highest BCUT2D eigenvalue weighted by Gasteiger charge is 2.62. The number of carbonyl (C=O) groups excluding carboxylic acids is 4. The summed E-state index contributed by atoms with van der Waals surface area (Å²) in [4.78, 5) is 58.5. The van der Waals surface area contributed by atoms with Gasteiger partial charge in [-0.1, -0.05) is 80.4 Å². The van der Waals surface area contributed by atoms with Gasteiger partial charge in [-0.05, 0) is 49.9 Å². The maximum atomic E-state index is 14.7. The van der Waals surface area contributed by atoms with Gasteiger partial charge in [0.15, 0.2) is 11.4 Å². The van der Waals surface area contributed by atoms with Crippen molar-refractivity contribution in [2.24, 2.45) is 5.41 Å². The number of nitrogens with zero attached hydrogens (tertiary/aromatic N) is 2. The van der Waals surface area contributed by atoms with Crippen molar-refractivity contribution < 1.29 is 19.2 Å². The standard InChI is InChI=1S/C32H42ClN5O4/c1-20-11-13-22(14-12-20)17-25-30(42)37(16-15-23-9-7-8-10-24(23)33)19-32(35-18-26(39)38(25)32)28(40)27(31(3,4)5)36-29(41)21(2)34-6/h7-14,21,25,27,34-35H,15-19H2,1-6H3,(H,36,41)/t21-,25-,27+,32+/m0/s1. The minimum absolute atomic E-state index is 0.0325. The molecule has 0 spiro atoms. The molecule has 3 amide bonds. The number of Topliss-reactive ketones (excluding diaryl/α,β-unsaturated/α-hetero) is 1. The first-order chi connectivity index (χ1) is 19.8. The number of benzene rings is 2. The van der Waals surface area contributed by atoms with Gasteiger partial charge in [0.2, 0.25) is 17.7 Å². The molecule has 2 aromatic carbocycles. The van der Waals surface area contributed by atoms with Gasteiger partial charge in [0.25, 0.3) is 0 Å². The third kappa shape index (κ3) is 6.38. The lowest BCUT2D eigenvalue weighted by atomic mass is 9.78. The van der Waals surface area contributed by atoms with E-state index in [0.717, 1.165) is 16.7 Å². The van der Waals surface area contributed by atoms with E-state index in [1.165, 1.54) is 4.90 Å². The molecule has 9 nitrogen and oxygen atoms in total. The average Bonchev–Trinajstić information content (AvgIpc) is 3.29. The monoisotopic (exact) mass is 595 g/mol. The number of fused-ring (bicyclic) bond motifs is 1. The number of carbonyl (C=O) groups is 4. The van der Waals surface area contributed by atoms with Crippen LogP contribution in [0, 0.1) is 12.3 Å². The van der Waals surface area contributed by atoms with Crippen LogP contribution in [-0.4, -0.2) is 83.8 Å². The Morgan fingerprint density at radius 1 is 1.12 bits per heavy atom. The number of halogens is 1. The minimum Gasteiger partial charge on any atom is -0.344 e. The van der Waals surface area contributed by atoms with Crippen LogP contribution in [0.25, 0.3) is 0 Å². The maximum absolute atomic E-state index is 14.7. The Kier molecular flexibility index (Phi) is 9.45. The number of aryl methyl sites for hydroxylation is 1. The van der Waals surface area contributed by atoms with E-state index in [9.17, 15) is 19.2 Å². The predicted octanol–water partition coefficient (Wildman–Crippen LogP) is 2.48. The first kappa shape index (κ1) is 31.7. The highest BCUT2D eigenvalue weighted by atomic mass is 35.5. The van der Waals surface area contributed by atoms with Crippen molar-refractivity contribution in [1.82, 2.24) is 25.8 Å². The van der Waals surface area contributed by atoms with E-state index in [1.54, 1.807) is 18.9 Å². The van der Waals surface area contributed by atoms with Crippen molar-refractivity contribution in [2.75, 3.05) is 26.7 Å². The molecule has 0 aliphatic carbocycles. The van der Waals surface area contributed by atoms with Gasteiger partial charge in [-0.3, -0.25) is 24.5 Å². The molecule has 2 aromatic rings. The Bertz CT molecular complexity index is 1340. The van der Waals surface area contributed by atoms with E-state index >= 15 is 0 Å². The van der Waals surface area contributed by atoms with Crippen molar-refractivity contribution in [3.8, 4) is 0 Å². The van der Waals surface area contributed by atoms with Crippen LogP contribution in [-0.2, 0) is 32.0 Å². The fraction of sp³-hybridized carbons (Fsp3) is 0.500. The lowest BCUT2D eigenvalue weighted by Crippen LogP contribution is -2.77. The fourth-order valence-electron chi connectivity index (χ4n) is 5.72. The topological polar surface area (TPSA) is 111 Å². The molecule has 0 unspecified atom stereocenters. The second kappa shape index (κ2) is 12.5. The molecule has 2 saturated heterocycles. The summed E-state index contributed by atoms with van der Waals surface area (Å²) in [6, 6.07) is 12.9. The van der Waals surface area contributed by atoms with Gasteiger partial charge in [0.1, 0.15) is 6.04 Å². The zero-order valence-electron chi connectivity index (χ0n) is 25.3. The molecule has 4 atom stereocenters. The summed E-state index contributed by atoms with van der Waals surface area (Å²) in [5, 5.41) is 9.67. The summed E-state index contributed by atoms with van der Waals surface area (Å²) in [5.41, 5.74) is 0.676. The van der Waals surface area contributed by atoms with Gasteiger partial charge in [0.05, 0.1) is 25.2 Å². The van der Waals surface area contributed by atoms with Gasteiger partial charge >= 0.3 is 0 Å². The molecule has 2 aliphatic rings. The normalized spacial score (nSPS) is 22.1. The highest BCUT2D eigenvalue weighted by Crippen LogP contribution is 2.35. The number of ketones is 1. The maximum Gasteiger partial charge on any atom is 0.245 e. The number of amides is 3. The zero-order chi connectivity index (χ0) is 30.8. The molecule has 4 rings (SSSR count). The third-order valence-electron chi connectivity index (χ3n) is 8.35. The number of piperazine rings is 1. The van der Waals surface area contributed by atoms with Crippen LogP contribution in [0.2, 0.25) is 5.02 Å². The molecule has 2 aliphatic heterocycles. The Labute approximate surface area is 253 Å². The van der Waals surface area contributed by atoms with Crippen LogP contribution in [0.4, 0.5) is 0 Å². The molecule has 0 saturated carbocycles. The van der Waals surface area contributed by atoms with Crippen molar-refractivity contribution in [3.63, 3.8) is 0 Å². The largest absolute Gasteiger partial charge is 0.344 e. The van der Waals surface area contributed by atoms with E-state index in [1.807, 2.05) is 76.2 Å². The lowest BCUT2D eigenvalue weighted by Gasteiger charge is -2.51. The minimum atomic E-state index is -1.51. The second-order valence-electron chi connectivity index (χ2n) is 12.5. The van der Waals surface area contributed by atoms with Gasteiger partial charge in [-0.2, -0.15) is 0 Å². The van der Waals surface area contributed by atoms with Crippen LogP contribution in [0.1, 0.15) is 44.4 Å². The van der Waals surface area contributed by atoms with Gasteiger partial charge in [-0.15, -0.1) is 0 Å². The molecular formula is C32H42ClN5O4. The van der Waals surface area contributed by atoms with Crippen LogP contribution in [0.5, 0.6) is 0 Å². The molecule has 2 fully saturated rings. The second-order valence-corrected chi connectivity index (χ2v) is 12.9. The van der Waals surface area contributed by atoms with E-state index in [-0.39, 0.29) is 43.0 Å². The first-order valence-corrected chi connectivity index (χ1v) is 14.8. The Morgan fingerprint density at radius 2 is 1.79 bits per heavy atom. The summed E-state index contributed by atoms with van der Waals surface area (Å²) in [5.74, 6) is -1.20. The molecule has 226 valence electrons. The quantitative estimate of drug-likeness (QED) is 0.389. The predicted molar refractivity (Wildman–Crippen MR) is 163 cm³/mol. The first-order valence-electron chi connectivity index (χ1n) is 14.5. The Morgan fingerprint density at radius 3 is 2.40 bits per heavy atom. The smallest absolute Gasteiger partial charge is 0.245 e. The van der Waals surface area contributed by atoms with Crippen LogP contribution in [0.15, 0.2) is 48.5 Å². The number of nitrogens with one attached hydrogen (secondary N) is 3. The summed E-state index contributed by atoms with van der Waals surface area (Å²) in [6.45, 7) is 9.54. The molecule has 0 aromatic heterocycles. The number of likely N-dealkylation sites (N-methyl/N-ethyl adjacent to an activating group) is 1. The molecule has 42 heavy (non-hydrogen) atoms. The lowest BCUT2D eigenvalue weighted by molar-refractivity contribution is -0.165. The fourth-order valence-corrected chi connectivity index (χ4v) is 5.95. The van der Waals surface area contributed by atoms with Gasteiger partial charge in [0, 0.05) is 18.0 Å². The summed E-state index contributed by atoms with van der Waals surface area (Å²) < 4.78 is 0. The SMILES string of the molecule is CN[C@@H](C)C(=O)N[C@H](C(=O)[C@@]12CN(CCc3ccccc3Cl)C(=O)[C@H](Cc3ccc(C)cc3)N1C(=O)CN2)C(C)(C)C. The van der Waals surface area contributed by atoms with Crippen LogP contribution in [0.3, 0.4) is 0 Å². The Balaban J connectivity index is 1.76. The molecular weight excluding hydrogens is 554 g/mol. The number of hydrogen-bond donors (Lipinski definition) is 3. The van der Waals surface area contributed by atoms with Crippen molar-refractivity contribution in [1.29, 1.82) is 0 Å².